The zero-order chi connectivity index (χ0) is 15.7. The van der Waals surface area contributed by atoms with Crippen LogP contribution in [-0.2, 0) is 0 Å². The Balaban J connectivity index is 0.00000192. The summed E-state index contributed by atoms with van der Waals surface area (Å²) in [4.78, 5) is 14.5. The number of amides is 1. The van der Waals surface area contributed by atoms with Gasteiger partial charge in [-0.05, 0) is 47.1 Å². The predicted octanol–water partition coefficient (Wildman–Crippen LogP) is 2.63. The van der Waals surface area contributed by atoms with E-state index in [4.69, 9.17) is 0 Å². The van der Waals surface area contributed by atoms with Crippen molar-refractivity contribution in [1.29, 1.82) is 0 Å². The van der Waals surface area contributed by atoms with Crippen LogP contribution in [0.3, 0.4) is 0 Å². The molecule has 0 saturated carbocycles. The maximum Gasteiger partial charge on any atom is 0.275 e. The SMILES string of the molecule is CC1CNCCN1C(=O)c1nn(-c2ccc(F)cc2)cc1Br.Cl. The highest BCUT2D eigenvalue weighted by molar-refractivity contribution is 9.10. The number of hydrogen-bond acceptors (Lipinski definition) is 3. The molecule has 5 nitrogen and oxygen atoms in total. The van der Waals surface area contributed by atoms with E-state index < -0.39 is 0 Å². The Kier molecular flexibility index (Phi) is 5.78. The van der Waals surface area contributed by atoms with Gasteiger partial charge in [0.05, 0.1) is 10.2 Å². The first-order valence-electron chi connectivity index (χ1n) is 7.09. The van der Waals surface area contributed by atoms with E-state index in [9.17, 15) is 9.18 Å². The van der Waals surface area contributed by atoms with E-state index in [0.717, 1.165) is 13.1 Å². The maximum absolute atomic E-state index is 13.0. The summed E-state index contributed by atoms with van der Waals surface area (Å²) in [6.07, 6.45) is 1.72. The number of piperazine rings is 1. The molecule has 0 aliphatic carbocycles. The molecule has 1 aromatic carbocycles. The normalized spacial score (nSPS) is 17.7. The van der Waals surface area contributed by atoms with Gasteiger partial charge in [0, 0.05) is 31.9 Å². The number of carbonyl (C=O) groups is 1. The van der Waals surface area contributed by atoms with Crippen LogP contribution in [0, 0.1) is 5.82 Å². The number of rotatable bonds is 2. The Morgan fingerprint density at radius 2 is 2.09 bits per heavy atom. The highest BCUT2D eigenvalue weighted by atomic mass is 79.9. The lowest BCUT2D eigenvalue weighted by Crippen LogP contribution is -2.52. The van der Waals surface area contributed by atoms with Crippen molar-refractivity contribution >= 4 is 34.2 Å². The molecule has 0 spiro atoms. The van der Waals surface area contributed by atoms with E-state index in [0.29, 0.717) is 22.4 Å². The Bertz CT molecular complexity index is 691. The number of nitrogens with one attached hydrogen (secondary N) is 1. The molecule has 1 fully saturated rings. The lowest BCUT2D eigenvalue weighted by atomic mass is 10.2. The highest BCUT2D eigenvalue weighted by Crippen LogP contribution is 2.21. The van der Waals surface area contributed by atoms with Crippen LogP contribution < -0.4 is 5.32 Å². The Hall–Kier alpha value is -1.44. The van der Waals surface area contributed by atoms with E-state index in [1.807, 2.05) is 11.8 Å². The molecule has 124 valence electrons. The van der Waals surface area contributed by atoms with Crippen molar-refractivity contribution in [3.8, 4) is 5.69 Å². The number of nitrogens with zero attached hydrogens (tertiary/aromatic N) is 3. The maximum atomic E-state index is 13.0. The molecule has 3 rings (SSSR count). The van der Waals surface area contributed by atoms with Crippen molar-refractivity contribution in [3.63, 3.8) is 0 Å². The fraction of sp³-hybridized carbons (Fsp3) is 0.333. The molecular formula is C15H17BrClFN4O. The summed E-state index contributed by atoms with van der Waals surface area (Å²) >= 11 is 3.40. The molecule has 2 heterocycles. The van der Waals surface area contributed by atoms with E-state index in [2.05, 4.69) is 26.3 Å². The quantitative estimate of drug-likeness (QED) is 0.839. The molecule has 0 radical (unpaired) electrons. The third-order valence-corrected chi connectivity index (χ3v) is 4.31. The van der Waals surface area contributed by atoms with Crippen molar-refractivity contribution < 1.29 is 9.18 Å². The number of aromatic nitrogens is 2. The molecule has 1 aliphatic rings. The van der Waals surface area contributed by atoms with E-state index in [1.165, 1.54) is 12.1 Å². The van der Waals surface area contributed by atoms with Crippen LogP contribution in [0.15, 0.2) is 34.9 Å². The van der Waals surface area contributed by atoms with E-state index >= 15 is 0 Å². The minimum atomic E-state index is -0.305. The van der Waals surface area contributed by atoms with Gasteiger partial charge in [0.1, 0.15) is 5.82 Å². The van der Waals surface area contributed by atoms with Gasteiger partial charge in [0.2, 0.25) is 0 Å². The largest absolute Gasteiger partial charge is 0.332 e. The number of halogens is 3. The van der Waals surface area contributed by atoms with Gasteiger partial charge in [0.15, 0.2) is 5.69 Å². The molecule has 8 heteroatoms. The first-order chi connectivity index (χ1) is 10.6. The van der Waals surface area contributed by atoms with Gasteiger partial charge in [-0.1, -0.05) is 0 Å². The summed E-state index contributed by atoms with van der Waals surface area (Å²) in [6, 6.07) is 6.10. The molecule has 23 heavy (non-hydrogen) atoms. The summed E-state index contributed by atoms with van der Waals surface area (Å²) in [5, 5.41) is 7.61. The van der Waals surface area contributed by atoms with Crippen molar-refractivity contribution in [2.75, 3.05) is 19.6 Å². The summed E-state index contributed by atoms with van der Waals surface area (Å²) in [5.41, 5.74) is 1.08. The van der Waals surface area contributed by atoms with Gasteiger partial charge in [0.25, 0.3) is 5.91 Å². The number of benzene rings is 1. The van der Waals surface area contributed by atoms with Crippen molar-refractivity contribution in [2.45, 2.75) is 13.0 Å². The minimum Gasteiger partial charge on any atom is -0.332 e. The van der Waals surface area contributed by atoms with Crippen LogP contribution in [0.5, 0.6) is 0 Å². The molecule has 1 atom stereocenters. The summed E-state index contributed by atoms with van der Waals surface area (Å²) in [7, 11) is 0. The summed E-state index contributed by atoms with van der Waals surface area (Å²) in [6.45, 7) is 4.24. The minimum absolute atomic E-state index is 0. The Labute approximate surface area is 148 Å². The van der Waals surface area contributed by atoms with Crippen molar-refractivity contribution in [1.82, 2.24) is 20.0 Å². The number of carbonyl (C=O) groups excluding carboxylic acids is 1. The van der Waals surface area contributed by atoms with Gasteiger partial charge in [-0.15, -0.1) is 12.4 Å². The second-order valence-corrected chi connectivity index (χ2v) is 6.15. The highest BCUT2D eigenvalue weighted by Gasteiger charge is 2.27. The first-order valence-corrected chi connectivity index (χ1v) is 7.88. The van der Waals surface area contributed by atoms with Gasteiger partial charge in [-0.3, -0.25) is 4.79 Å². The number of hydrogen-bond donors (Lipinski definition) is 1. The fourth-order valence-corrected chi connectivity index (χ4v) is 2.95. The third kappa shape index (κ3) is 3.73. The predicted molar refractivity (Wildman–Crippen MR) is 91.8 cm³/mol. The van der Waals surface area contributed by atoms with E-state index in [-0.39, 0.29) is 30.2 Å². The van der Waals surface area contributed by atoms with Gasteiger partial charge >= 0.3 is 0 Å². The first kappa shape index (κ1) is 17.9. The molecule has 1 amide bonds. The zero-order valence-electron chi connectivity index (χ0n) is 12.5. The van der Waals surface area contributed by atoms with E-state index in [1.54, 1.807) is 23.0 Å². The summed E-state index contributed by atoms with van der Waals surface area (Å²) < 4.78 is 15.2. The van der Waals surface area contributed by atoms with Crippen molar-refractivity contribution in [3.05, 3.63) is 46.4 Å². The van der Waals surface area contributed by atoms with Crippen LogP contribution in [0.2, 0.25) is 0 Å². The average molecular weight is 404 g/mol. The third-order valence-electron chi connectivity index (χ3n) is 3.73. The van der Waals surface area contributed by atoms with Gasteiger partial charge < -0.3 is 10.2 Å². The summed E-state index contributed by atoms with van der Waals surface area (Å²) in [5.74, 6) is -0.400. The molecule has 1 aromatic heterocycles. The molecule has 1 N–H and O–H groups in total. The molecule has 2 aromatic rings. The molecule has 0 bridgehead atoms. The van der Waals surface area contributed by atoms with Crippen molar-refractivity contribution in [2.24, 2.45) is 0 Å². The van der Waals surface area contributed by atoms with Gasteiger partial charge in [-0.25, -0.2) is 9.07 Å². The van der Waals surface area contributed by atoms with Crippen LogP contribution >= 0.6 is 28.3 Å². The fourth-order valence-electron chi connectivity index (χ4n) is 2.50. The Morgan fingerprint density at radius 1 is 1.39 bits per heavy atom. The van der Waals surface area contributed by atoms with Crippen LogP contribution in [0.4, 0.5) is 4.39 Å². The van der Waals surface area contributed by atoms with Crippen LogP contribution in [-0.4, -0.2) is 46.3 Å². The second-order valence-electron chi connectivity index (χ2n) is 5.30. The van der Waals surface area contributed by atoms with Gasteiger partial charge in [-0.2, -0.15) is 5.10 Å². The molecule has 1 unspecified atom stereocenters. The topological polar surface area (TPSA) is 50.2 Å². The molecule has 1 saturated heterocycles. The zero-order valence-corrected chi connectivity index (χ0v) is 14.9. The molecule has 1 aliphatic heterocycles. The Morgan fingerprint density at radius 3 is 2.74 bits per heavy atom. The lowest BCUT2D eigenvalue weighted by molar-refractivity contribution is 0.0648. The average Bonchev–Trinajstić information content (AvgIpc) is 2.90. The monoisotopic (exact) mass is 402 g/mol. The standard InChI is InChI=1S/C15H16BrFN4O.ClH/c1-10-8-18-6-7-20(10)15(22)14-13(16)9-21(19-14)12-4-2-11(17)3-5-12;/h2-5,9-10,18H,6-8H2,1H3;1H. The second kappa shape index (κ2) is 7.42. The smallest absolute Gasteiger partial charge is 0.275 e. The molecular weight excluding hydrogens is 387 g/mol. The van der Waals surface area contributed by atoms with Crippen LogP contribution in [0.25, 0.3) is 5.69 Å². The van der Waals surface area contributed by atoms with Crippen LogP contribution in [0.1, 0.15) is 17.4 Å². The lowest BCUT2D eigenvalue weighted by Gasteiger charge is -2.33.